The first-order valence-corrected chi connectivity index (χ1v) is 7.64. The number of rotatable bonds is 2. The van der Waals surface area contributed by atoms with Gasteiger partial charge < -0.3 is 5.32 Å². The summed E-state index contributed by atoms with van der Waals surface area (Å²) in [4.78, 5) is 0. The maximum absolute atomic E-state index is 11.3. The summed E-state index contributed by atoms with van der Waals surface area (Å²) in [5.74, 6) is 1.60. The molecular formula is C13H15N3OS. The first-order valence-electron chi connectivity index (χ1n) is 6.15. The normalized spacial score (nSPS) is 24.0. The van der Waals surface area contributed by atoms with Gasteiger partial charge in [-0.1, -0.05) is 18.2 Å². The minimum Gasteiger partial charge on any atom is -0.380 e. The van der Waals surface area contributed by atoms with Crippen molar-refractivity contribution in [2.24, 2.45) is 0 Å². The summed E-state index contributed by atoms with van der Waals surface area (Å²) in [6.45, 7) is 0. The van der Waals surface area contributed by atoms with Gasteiger partial charge in [-0.3, -0.25) is 4.21 Å². The molecule has 18 heavy (non-hydrogen) atoms. The molecule has 0 spiro atoms. The van der Waals surface area contributed by atoms with Crippen LogP contribution in [0, 0.1) is 0 Å². The van der Waals surface area contributed by atoms with Gasteiger partial charge in [0.1, 0.15) is 0 Å². The Morgan fingerprint density at radius 2 is 2.00 bits per heavy atom. The van der Waals surface area contributed by atoms with E-state index in [0.29, 0.717) is 6.04 Å². The lowest BCUT2D eigenvalue weighted by Crippen LogP contribution is -2.29. The predicted molar refractivity (Wildman–Crippen MR) is 74.1 cm³/mol. The van der Waals surface area contributed by atoms with Crippen LogP contribution >= 0.6 is 0 Å². The zero-order valence-corrected chi connectivity index (χ0v) is 10.8. The first kappa shape index (κ1) is 11.6. The van der Waals surface area contributed by atoms with E-state index in [-0.39, 0.29) is 0 Å². The van der Waals surface area contributed by atoms with Crippen molar-refractivity contribution in [1.82, 2.24) is 10.2 Å². The highest BCUT2D eigenvalue weighted by Crippen LogP contribution is 2.23. The molecule has 3 rings (SSSR count). The fourth-order valence-electron chi connectivity index (χ4n) is 2.28. The molecule has 1 aliphatic rings. The van der Waals surface area contributed by atoms with Crippen molar-refractivity contribution in [2.75, 3.05) is 16.8 Å². The van der Waals surface area contributed by atoms with Crippen LogP contribution < -0.4 is 5.32 Å². The van der Waals surface area contributed by atoms with E-state index in [1.54, 1.807) is 6.20 Å². The fourth-order valence-corrected chi connectivity index (χ4v) is 3.58. The second-order valence-corrected chi connectivity index (χ2v) is 6.24. The molecule has 1 N–H and O–H groups in total. The molecule has 0 amide bonds. The molecule has 5 heteroatoms. The number of nitrogens with one attached hydrogen (secondary N) is 1. The van der Waals surface area contributed by atoms with Gasteiger partial charge in [0.25, 0.3) is 0 Å². The topological polar surface area (TPSA) is 54.9 Å². The third-order valence-corrected chi connectivity index (χ3v) is 4.68. The Labute approximate surface area is 108 Å². The number of hydrogen-bond donors (Lipinski definition) is 1. The van der Waals surface area contributed by atoms with E-state index >= 15 is 0 Å². The molecule has 0 saturated carbocycles. The van der Waals surface area contributed by atoms with Gasteiger partial charge in [-0.15, -0.1) is 0 Å². The molecule has 1 aromatic carbocycles. The smallest absolute Gasteiger partial charge is 0.0950 e. The Kier molecular flexibility index (Phi) is 3.23. The minimum absolute atomic E-state index is 0.398. The summed E-state index contributed by atoms with van der Waals surface area (Å²) in [5.41, 5.74) is 1.93. The lowest BCUT2D eigenvalue weighted by atomic mass is 10.1. The van der Waals surface area contributed by atoms with E-state index in [1.165, 1.54) is 0 Å². The van der Waals surface area contributed by atoms with Gasteiger partial charge in [0.05, 0.1) is 17.4 Å². The summed E-state index contributed by atoms with van der Waals surface area (Å²) in [5, 5.41) is 12.7. The average Bonchev–Trinajstić information content (AvgIpc) is 2.42. The zero-order valence-electron chi connectivity index (χ0n) is 10.0. The van der Waals surface area contributed by atoms with E-state index in [2.05, 4.69) is 15.5 Å². The number of fused-ring (bicyclic) bond motifs is 1. The van der Waals surface area contributed by atoms with Gasteiger partial charge in [-0.2, -0.15) is 10.2 Å². The van der Waals surface area contributed by atoms with Gasteiger partial charge in [0.15, 0.2) is 0 Å². The number of anilines is 1. The second kappa shape index (κ2) is 5.02. The first-order chi connectivity index (χ1) is 8.83. The number of aromatic nitrogens is 2. The van der Waals surface area contributed by atoms with E-state index in [0.717, 1.165) is 40.9 Å². The van der Waals surface area contributed by atoms with Gasteiger partial charge in [-0.05, 0) is 18.9 Å². The van der Waals surface area contributed by atoms with Crippen molar-refractivity contribution < 1.29 is 4.21 Å². The van der Waals surface area contributed by atoms with Crippen molar-refractivity contribution in [3.8, 4) is 0 Å². The highest BCUT2D eigenvalue weighted by Gasteiger charge is 2.18. The maximum atomic E-state index is 11.3. The van der Waals surface area contributed by atoms with Gasteiger partial charge in [0.2, 0.25) is 0 Å². The van der Waals surface area contributed by atoms with Crippen LogP contribution in [0.2, 0.25) is 0 Å². The fraction of sp³-hybridized carbons (Fsp3) is 0.385. The summed E-state index contributed by atoms with van der Waals surface area (Å²) < 4.78 is 11.3. The zero-order chi connectivity index (χ0) is 12.4. The van der Waals surface area contributed by atoms with Crippen LogP contribution in [0.3, 0.4) is 0 Å². The van der Waals surface area contributed by atoms with Crippen LogP contribution in [0.15, 0.2) is 30.5 Å². The Balaban J connectivity index is 1.84. The van der Waals surface area contributed by atoms with E-state index in [1.807, 2.05) is 24.3 Å². The molecule has 0 bridgehead atoms. The van der Waals surface area contributed by atoms with Gasteiger partial charge >= 0.3 is 0 Å². The molecule has 1 fully saturated rings. The van der Waals surface area contributed by atoms with Crippen molar-refractivity contribution in [1.29, 1.82) is 0 Å². The predicted octanol–water partition coefficient (Wildman–Crippen LogP) is 1.95. The Bertz CT molecular complexity index is 572. The second-order valence-electron chi connectivity index (χ2n) is 4.54. The lowest BCUT2D eigenvalue weighted by Gasteiger charge is -2.23. The molecule has 0 atom stereocenters. The summed E-state index contributed by atoms with van der Waals surface area (Å²) in [6, 6.07) is 8.38. The van der Waals surface area contributed by atoms with E-state index in [9.17, 15) is 4.21 Å². The third kappa shape index (κ3) is 2.36. The van der Waals surface area contributed by atoms with Crippen LogP contribution in [-0.2, 0) is 10.8 Å². The van der Waals surface area contributed by atoms with Crippen LogP contribution in [0.5, 0.6) is 0 Å². The largest absolute Gasteiger partial charge is 0.380 e. The molecule has 1 saturated heterocycles. The van der Waals surface area contributed by atoms with E-state index < -0.39 is 10.8 Å². The number of nitrogens with zero attached hydrogens (tertiary/aromatic N) is 2. The van der Waals surface area contributed by atoms with Crippen LogP contribution in [0.4, 0.5) is 5.69 Å². The number of benzene rings is 1. The number of hydrogen-bond acceptors (Lipinski definition) is 4. The van der Waals surface area contributed by atoms with Crippen molar-refractivity contribution >= 4 is 27.4 Å². The summed E-state index contributed by atoms with van der Waals surface area (Å²) >= 11 is 0. The van der Waals surface area contributed by atoms with Crippen LogP contribution in [-0.4, -0.2) is 32.0 Å². The minimum atomic E-state index is -0.614. The maximum Gasteiger partial charge on any atom is 0.0950 e. The van der Waals surface area contributed by atoms with Gasteiger partial charge in [-0.25, -0.2) is 0 Å². The summed E-state index contributed by atoms with van der Waals surface area (Å²) in [6.07, 6.45) is 3.69. The molecular weight excluding hydrogens is 246 g/mol. The average molecular weight is 261 g/mol. The SMILES string of the molecule is O=S1CCC(Nc2cnnc3ccccc23)CC1. The monoisotopic (exact) mass is 261 g/mol. The highest BCUT2D eigenvalue weighted by molar-refractivity contribution is 7.85. The Morgan fingerprint density at radius 1 is 1.22 bits per heavy atom. The molecule has 1 aliphatic heterocycles. The highest BCUT2D eigenvalue weighted by atomic mass is 32.2. The molecule has 4 nitrogen and oxygen atoms in total. The molecule has 0 unspecified atom stereocenters. The molecule has 94 valence electrons. The van der Waals surface area contributed by atoms with Gasteiger partial charge in [0, 0.05) is 33.7 Å². The quantitative estimate of drug-likeness (QED) is 0.897. The standard InChI is InChI=1S/C13H15N3OS/c17-18-7-5-10(6-8-18)15-13-9-14-16-12-4-2-1-3-11(12)13/h1-4,9-10H,5-8H2,(H,15,16). The molecule has 2 heterocycles. The lowest BCUT2D eigenvalue weighted by molar-refractivity contribution is 0.624. The summed E-state index contributed by atoms with van der Waals surface area (Å²) in [7, 11) is -0.614. The molecule has 0 aliphatic carbocycles. The van der Waals surface area contributed by atoms with E-state index in [4.69, 9.17) is 0 Å². The van der Waals surface area contributed by atoms with Crippen molar-refractivity contribution in [2.45, 2.75) is 18.9 Å². The third-order valence-electron chi connectivity index (χ3n) is 3.29. The van der Waals surface area contributed by atoms with Crippen LogP contribution in [0.1, 0.15) is 12.8 Å². The molecule has 0 radical (unpaired) electrons. The molecule has 1 aromatic heterocycles. The van der Waals surface area contributed by atoms with Crippen LogP contribution in [0.25, 0.3) is 10.9 Å². The molecule has 2 aromatic rings. The Morgan fingerprint density at radius 3 is 2.83 bits per heavy atom. The van der Waals surface area contributed by atoms with Crippen molar-refractivity contribution in [3.05, 3.63) is 30.5 Å². The Hall–Kier alpha value is -1.49. The van der Waals surface area contributed by atoms with Crippen molar-refractivity contribution in [3.63, 3.8) is 0 Å².